The van der Waals surface area contributed by atoms with Gasteiger partial charge in [-0.1, -0.05) is 20.8 Å². The number of ketones is 2. The van der Waals surface area contributed by atoms with Gasteiger partial charge in [0, 0.05) is 29.6 Å². The second-order valence-electron chi connectivity index (χ2n) is 9.86. The minimum atomic E-state index is -1.22. The first-order chi connectivity index (χ1) is 14.9. The van der Waals surface area contributed by atoms with E-state index in [1.807, 2.05) is 20.8 Å². The predicted octanol–water partition coefficient (Wildman–Crippen LogP) is 2.36. The number of allylic oxidation sites excluding steroid dienone is 3. The average Bonchev–Trinajstić information content (AvgIpc) is 2.70. The zero-order valence-corrected chi connectivity index (χ0v) is 19.5. The van der Waals surface area contributed by atoms with Crippen LogP contribution in [0.1, 0.15) is 41.0 Å². The molecule has 8 atom stereocenters. The van der Waals surface area contributed by atoms with E-state index in [4.69, 9.17) is 18.9 Å². The quantitative estimate of drug-likeness (QED) is 0.609. The number of fused-ring (bicyclic) bond motifs is 2. The Balaban J connectivity index is 2.00. The van der Waals surface area contributed by atoms with Crippen LogP contribution in [0.5, 0.6) is 0 Å². The molecule has 0 aromatic heterocycles. The van der Waals surface area contributed by atoms with Crippen molar-refractivity contribution in [2.24, 2.45) is 34.5 Å². The molecule has 32 heavy (non-hydrogen) atoms. The summed E-state index contributed by atoms with van der Waals surface area (Å²) in [6.45, 7) is 8.61. The summed E-state index contributed by atoms with van der Waals surface area (Å²) < 4.78 is 22.2. The molecular weight excluding hydrogens is 416 g/mol. The van der Waals surface area contributed by atoms with Gasteiger partial charge in [-0.05, 0) is 36.8 Å². The Labute approximate surface area is 187 Å². The van der Waals surface area contributed by atoms with Crippen LogP contribution in [-0.4, -0.2) is 49.9 Å². The van der Waals surface area contributed by atoms with Crippen LogP contribution >= 0.6 is 0 Å². The summed E-state index contributed by atoms with van der Waals surface area (Å²) in [7, 11) is 2.84. The van der Waals surface area contributed by atoms with Gasteiger partial charge in [-0.25, -0.2) is 4.79 Å². The third kappa shape index (κ3) is 2.61. The third-order valence-electron chi connectivity index (χ3n) is 8.41. The molecule has 1 heterocycles. The topological polar surface area (TPSA) is 105 Å². The summed E-state index contributed by atoms with van der Waals surface area (Å²) in [6, 6.07) is 0. The monoisotopic (exact) mass is 446 g/mol. The third-order valence-corrected chi connectivity index (χ3v) is 8.41. The number of hydrogen-bond acceptors (Lipinski definition) is 8. The highest BCUT2D eigenvalue weighted by molar-refractivity contribution is 6.07. The van der Waals surface area contributed by atoms with E-state index >= 15 is 0 Å². The van der Waals surface area contributed by atoms with E-state index in [2.05, 4.69) is 0 Å². The van der Waals surface area contributed by atoms with E-state index < -0.39 is 46.8 Å². The van der Waals surface area contributed by atoms with Crippen molar-refractivity contribution in [2.45, 2.75) is 53.2 Å². The lowest BCUT2D eigenvalue weighted by molar-refractivity contribution is -0.238. The van der Waals surface area contributed by atoms with Crippen molar-refractivity contribution in [1.82, 2.24) is 0 Å². The van der Waals surface area contributed by atoms with Gasteiger partial charge in [0.05, 0.1) is 14.2 Å². The average molecular weight is 446 g/mol. The highest BCUT2D eigenvalue weighted by Gasteiger charge is 2.74. The normalized spacial score (nSPS) is 43.0. The van der Waals surface area contributed by atoms with E-state index in [1.165, 1.54) is 21.1 Å². The van der Waals surface area contributed by atoms with Crippen molar-refractivity contribution in [2.75, 3.05) is 14.2 Å². The van der Waals surface area contributed by atoms with Crippen molar-refractivity contribution >= 4 is 23.5 Å². The molecule has 174 valence electrons. The maximum Gasteiger partial charge on any atom is 0.348 e. The molecule has 4 aliphatic rings. The van der Waals surface area contributed by atoms with Crippen LogP contribution in [-0.2, 0) is 38.1 Å². The molecule has 0 N–H and O–H groups in total. The maximum absolute atomic E-state index is 13.9. The molecule has 1 saturated carbocycles. The second-order valence-corrected chi connectivity index (χ2v) is 9.86. The first-order valence-electron chi connectivity index (χ1n) is 10.9. The first kappa shape index (κ1) is 22.6. The van der Waals surface area contributed by atoms with E-state index in [1.54, 1.807) is 13.0 Å². The molecule has 0 bridgehead atoms. The molecule has 0 radical (unpaired) electrons. The molecule has 0 amide bonds. The number of carbonyl (C=O) groups is 4. The minimum Gasteiger partial charge on any atom is -0.493 e. The number of rotatable bonds is 3. The number of methoxy groups -OCH3 is 2. The molecule has 0 unspecified atom stereocenters. The van der Waals surface area contributed by atoms with Crippen LogP contribution in [0.3, 0.4) is 0 Å². The summed E-state index contributed by atoms with van der Waals surface area (Å²) in [5, 5.41) is 0. The van der Waals surface area contributed by atoms with E-state index in [9.17, 15) is 19.2 Å². The summed E-state index contributed by atoms with van der Waals surface area (Å²) in [5.74, 6) is -3.27. The number of carbonyl (C=O) groups excluding carboxylic acids is 4. The van der Waals surface area contributed by atoms with Gasteiger partial charge < -0.3 is 18.9 Å². The first-order valence-corrected chi connectivity index (χ1v) is 10.9. The Morgan fingerprint density at radius 3 is 2.38 bits per heavy atom. The van der Waals surface area contributed by atoms with Gasteiger partial charge in [0.25, 0.3) is 0 Å². The van der Waals surface area contributed by atoms with Crippen molar-refractivity contribution in [3.8, 4) is 0 Å². The number of Topliss-reactive ketones (excluding diaryl/α,β-unsaturated/α-hetero) is 2. The van der Waals surface area contributed by atoms with Crippen LogP contribution in [0.4, 0.5) is 0 Å². The van der Waals surface area contributed by atoms with Crippen LogP contribution < -0.4 is 0 Å². The standard InChI is InChI=1S/C24H30O8/c1-10-8-14(29-6)21(27)23(4)13(10)9-15-24(5)16(19(22(28)32-15)31-12(3)25)11(2)18(30-7)17(26)20(23)24/h8,10,13,15-16,19-20H,9H2,1-7H3/t10-,13+,15-,16-,19-,20-,23+,24+/m1/s1. The summed E-state index contributed by atoms with van der Waals surface area (Å²) in [6.07, 6.45) is 0.373. The van der Waals surface area contributed by atoms with Crippen LogP contribution in [0.2, 0.25) is 0 Å². The van der Waals surface area contributed by atoms with Crippen molar-refractivity contribution in [3.63, 3.8) is 0 Å². The highest BCUT2D eigenvalue weighted by Crippen LogP contribution is 2.67. The Kier molecular flexibility index (Phi) is 5.06. The molecular formula is C24H30O8. The predicted molar refractivity (Wildman–Crippen MR) is 111 cm³/mol. The lowest BCUT2D eigenvalue weighted by Crippen LogP contribution is -2.71. The SMILES string of the molecule is COC1=C[C@@H](C)[C@@H]2C[C@H]3OC(=O)[C@H](OC(C)=O)[C@H]4C(C)=C(OC)C(=O)[C@H]([C@@]2(C)C1=O)[C@]43C. The molecule has 1 saturated heterocycles. The Bertz CT molecular complexity index is 976. The van der Waals surface area contributed by atoms with Crippen molar-refractivity contribution < 1.29 is 38.1 Å². The van der Waals surface area contributed by atoms with Gasteiger partial charge in [0.2, 0.25) is 17.7 Å². The van der Waals surface area contributed by atoms with Gasteiger partial charge in [0.15, 0.2) is 11.5 Å². The zero-order chi connectivity index (χ0) is 23.7. The largest absolute Gasteiger partial charge is 0.493 e. The molecule has 2 fully saturated rings. The van der Waals surface area contributed by atoms with E-state index in [-0.39, 0.29) is 34.9 Å². The maximum atomic E-state index is 13.9. The Morgan fingerprint density at radius 2 is 1.81 bits per heavy atom. The van der Waals surface area contributed by atoms with Crippen LogP contribution in [0.25, 0.3) is 0 Å². The van der Waals surface area contributed by atoms with Gasteiger partial charge in [0.1, 0.15) is 6.10 Å². The molecule has 3 aliphatic carbocycles. The molecule has 4 rings (SSSR count). The number of esters is 2. The molecule has 0 spiro atoms. The molecule has 8 nitrogen and oxygen atoms in total. The Morgan fingerprint density at radius 1 is 1.16 bits per heavy atom. The lowest BCUT2D eigenvalue weighted by Gasteiger charge is -2.64. The van der Waals surface area contributed by atoms with Gasteiger partial charge in [-0.15, -0.1) is 0 Å². The minimum absolute atomic E-state index is 0.0775. The fourth-order valence-electron chi connectivity index (χ4n) is 7.19. The highest BCUT2D eigenvalue weighted by atomic mass is 16.6. The molecule has 0 aromatic carbocycles. The van der Waals surface area contributed by atoms with E-state index in [0.29, 0.717) is 12.0 Å². The summed E-state index contributed by atoms with van der Waals surface area (Å²) >= 11 is 0. The van der Waals surface area contributed by atoms with Crippen LogP contribution in [0, 0.1) is 34.5 Å². The molecule has 8 heteroatoms. The molecule has 0 aromatic rings. The van der Waals surface area contributed by atoms with Crippen molar-refractivity contribution in [1.29, 1.82) is 0 Å². The van der Waals surface area contributed by atoms with Crippen molar-refractivity contribution in [3.05, 3.63) is 23.2 Å². The zero-order valence-electron chi connectivity index (χ0n) is 19.5. The Hall–Kier alpha value is -2.64. The molecule has 1 aliphatic heterocycles. The van der Waals surface area contributed by atoms with Crippen LogP contribution in [0.15, 0.2) is 23.2 Å². The number of hydrogen-bond donors (Lipinski definition) is 0. The lowest BCUT2D eigenvalue weighted by atomic mass is 9.40. The summed E-state index contributed by atoms with van der Waals surface area (Å²) in [4.78, 5) is 52.5. The van der Waals surface area contributed by atoms with Gasteiger partial charge in [-0.3, -0.25) is 14.4 Å². The van der Waals surface area contributed by atoms with Gasteiger partial charge >= 0.3 is 11.9 Å². The summed E-state index contributed by atoms with van der Waals surface area (Å²) in [5.41, 5.74) is -1.53. The second kappa shape index (κ2) is 7.18. The van der Waals surface area contributed by atoms with E-state index in [0.717, 1.165) is 0 Å². The fourth-order valence-corrected chi connectivity index (χ4v) is 7.19. The van der Waals surface area contributed by atoms with Gasteiger partial charge in [-0.2, -0.15) is 0 Å². The number of ether oxygens (including phenoxy) is 4. The fraction of sp³-hybridized carbons (Fsp3) is 0.667. The smallest absolute Gasteiger partial charge is 0.348 e.